The zero-order chi connectivity index (χ0) is 9.07. The molecule has 0 bridgehead atoms. The first-order valence-electron chi connectivity index (χ1n) is 3.65. The zero-order valence-corrected chi connectivity index (χ0v) is 8.08. The summed E-state index contributed by atoms with van der Waals surface area (Å²) in [5.74, 6) is 0. The first kappa shape index (κ1) is 11.1. The molecule has 0 spiro atoms. The lowest BCUT2D eigenvalue weighted by Gasteiger charge is -2.24. The van der Waals surface area contributed by atoms with E-state index in [0.29, 0.717) is 6.54 Å². The molecule has 0 aromatic heterocycles. The highest BCUT2D eigenvalue weighted by atomic mass is 31.2. The normalized spacial score (nSPS) is 13.0. The fraction of sp³-hybridized carbons (Fsp3) is 1.00. The number of nitrogens with zero attached hydrogens (tertiary/aromatic N) is 1. The van der Waals surface area contributed by atoms with Gasteiger partial charge in [0.2, 0.25) is 0 Å². The highest BCUT2D eigenvalue weighted by Crippen LogP contribution is 2.35. The van der Waals surface area contributed by atoms with Gasteiger partial charge in [-0.3, -0.25) is 9.46 Å². The molecule has 2 N–H and O–H groups in total. The SMILES string of the molecule is CCN(CP(=O)(O)O)C(C)C. The van der Waals surface area contributed by atoms with Gasteiger partial charge in [-0.25, -0.2) is 0 Å². The first-order valence-corrected chi connectivity index (χ1v) is 5.45. The molecule has 0 heterocycles. The summed E-state index contributed by atoms with van der Waals surface area (Å²) >= 11 is 0. The number of hydrogen-bond acceptors (Lipinski definition) is 2. The van der Waals surface area contributed by atoms with Gasteiger partial charge >= 0.3 is 7.60 Å². The molecule has 0 rings (SSSR count). The predicted octanol–water partition coefficient (Wildman–Crippen LogP) is 0.852. The van der Waals surface area contributed by atoms with E-state index < -0.39 is 7.60 Å². The van der Waals surface area contributed by atoms with Crippen LogP contribution in [0.25, 0.3) is 0 Å². The molecule has 0 aromatic rings. The third kappa shape index (κ3) is 5.39. The Balaban J connectivity index is 3.99. The van der Waals surface area contributed by atoms with E-state index in [4.69, 9.17) is 9.79 Å². The second-order valence-corrected chi connectivity index (χ2v) is 4.42. The lowest BCUT2D eigenvalue weighted by molar-refractivity contribution is 0.243. The van der Waals surface area contributed by atoms with E-state index in [9.17, 15) is 4.57 Å². The van der Waals surface area contributed by atoms with E-state index >= 15 is 0 Å². The first-order chi connectivity index (χ1) is 4.87. The van der Waals surface area contributed by atoms with Gasteiger partial charge in [0, 0.05) is 6.04 Å². The van der Waals surface area contributed by atoms with Crippen LogP contribution in [0.1, 0.15) is 20.8 Å². The van der Waals surface area contributed by atoms with Crippen molar-refractivity contribution in [3.05, 3.63) is 0 Å². The molecule has 0 aromatic carbocycles. The van der Waals surface area contributed by atoms with Gasteiger partial charge in [-0.15, -0.1) is 0 Å². The minimum atomic E-state index is -3.87. The Morgan fingerprint density at radius 1 is 1.45 bits per heavy atom. The summed E-state index contributed by atoms with van der Waals surface area (Å²) < 4.78 is 10.6. The van der Waals surface area contributed by atoms with Crippen LogP contribution in [0.15, 0.2) is 0 Å². The van der Waals surface area contributed by atoms with E-state index in [1.165, 1.54) is 0 Å². The summed E-state index contributed by atoms with van der Waals surface area (Å²) in [4.78, 5) is 19.0. The molecular formula is C6H16NO3P. The second kappa shape index (κ2) is 4.21. The van der Waals surface area contributed by atoms with Crippen molar-refractivity contribution in [2.45, 2.75) is 26.8 Å². The van der Waals surface area contributed by atoms with Gasteiger partial charge in [-0.05, 0) is 20.4 Å². The van der Waals surface area contributed by atoms with E-state index in [1.807, 2.05) is 20.8 Å². The van der Waals surface area contributed by atoms with Gasteiger partial charge in [0.05, 0.1) is 0 Å². The molecule has 0 saturated carbocycles. The molecule has 0 aliphatic heterocycles. The fourth-order valence-electron chi connectivity index (χ4n) is 0.865. The van der Waals surface area contributed by atoms with E-state index in [-0.39, 0.29) is 12.3 Å². The van der Waals surface area contributed by atoms with Gasteiger partial charge in [0.15, 0.2) is 0 Å². The quantitative estimate of drug-likeness (QED) is 0.631. The maximum Gasteiger partial charge on any atom is 0.339 e. The summed E-state index contributed by atoms with van der Waals surface area (Å²) in [5, 5.41) is 0. The van der Waals surface area contributed by atoms with Gasteiger partial charge in [0.1, 0.15) is 6.29 Å². The predicted molar refractivity (Wildman–Crippen MR) is 44.4 cm³/mol. The number of hydrogen-bond donors (Lipinski definition) is 2. The van der Waals surface area contributed by atoms with Crippen LogP contribution in [0, 0.1) is 0 Å². The van der Waals surface area contributed by atoms with Crippen LogP contribution in [-0.2, 0) is 4.57 Å². The molecule has 68 valence electrons. The maximum absolute atomic E-state index is 10.6. The van der Waals surface area contributed by atoms with Crippen LogP contribution in [-0.4, -0.2) is 33.6 Å². The summed E-state index contributed by atoms with van der Waals surface area (Å²) in [7, 11) is -3.87. The summed E-state index contributed by atoms with van der Waals surface area (Å²) in [6.45, 7) is 6.39. The Morgan fingerprint density at radius 2 is 1.91 bits per heavy atom. The van der Waals surface area contributed by atoms with Crippen LogP contribution >= 0.6 is 7.60 Å². The van der Waals surface area contributed by atoms with Crippen molar-refractivity contribution in [1.82, 2.24) is 4.90 Å². The third-order valence-electron chi connectivity index (χ3n) is 1.50. The molecule has 0 fully saturated rings. The Bertz CT molecular complexity index is 154. The van der Waals surface area contributed by atoms with Crippen molar-refractivity contribution in [2.24, 2.45) is 0 Å². The Labute approximate surface area is 67.4 Å². The van der Waals surface area contributed by atoms with Crippen LogP contribution < -0.4 is 0 Å². The average molecular weight is 181 g/mol. The Kier molecular flexibility index (Phi) is 4.26. The van der Waals surface area contributed by atoms with Crippen LogP contribution in [0.4, 0.5) is 0 Å². The van der Waals surface area contributed by atoms with Gasteiger partial charge in [0.25, 0.3) is 0 Å². The minimum absolute atomic E-state index is 0.138. The molecule has 5 heteroatoms. The smallest absolute Gasteiger partial charge is 0.324 e. The molecular weight excluding hydrogens is 165 g/mol. The molecule has 11 heavy (non-hydrogen) atoms. The molecule has 0 radical (unpaired) electrons. The summed E-state index contributed by atoms with van der Waals surface area (Å²) in [5.41, 5.74) is 0. The molecule has 0 amide bonds. The largest absolute Gasteiger partial charge is 0.339 e. The minimum Gasteiger partial charge on any atom is -0.324 e. The molecule has 0 unspecified atom stereocenters. The van der Waals surface area contributed by atoms with E-state index in [0.717, 1.165) is 0 Å². The molecule has 0 aliphatic carbocycles. The second-order valence-electron chi connectivity index (χ2n) is 2.80. The van der Waals surface area contributed by atoms with Crippen molar-refractivity contribution in [3.63, 3.8) is 0 Å². The van der Waals surface area contributed by atoms with Crippen molar-refractivity contribution in [2.75, 3.05) is 12.8 Å². The van der Waals surface area contributed by atoms with Crippen molar-refractivity contribution in [3.8, 4) is 0 Å². The Hall–Kier alpha value is 0.110. The fourth-order valence-corrected chi connectivity index (χ4v) is 1.86. The van der Waals surface area contributed by atoms with Crippen LogP contribution in [0.3, 0.4) is 0 Å². The van der Waals surface area contributed by atoms with E-state index in [1.54, 1.807) is 4.90 Å². The van der Waals surface area contributed by atoms with Gasteiger partial charge in [-0.2, -0.15) is 0 Å². The third-order valence-corrected chi connectivity index (χ3v) is 2.23. The highest BCUT2D eigenvalue weighted by Gasteiger charge is 2.19. The molecule has 0 saturated heterocycles. The maximum atomic E-state index is 10.6. The van der Waals surface area contributed by atoms with Crippen molar-refractivity contribution >= 4 is 7.60 Å². The zero-order valence-electron chi connectivity index (χ0n) is 7.19. The van der Waals surface area contributed by atoms with Gasteiger partial charge < -0.3 is 9.79 Å². The Morgan fingerprint density at radius 3 is 2.00 bits per heavy atom. The number of rotatable bonds is 4. The molecule has 0 atom stereocenters. The average Bonchev–Trinajstić information content (AvgIpc) is 1.80. The summed E-state index contributed by atoms with van der Waals surface area (Å²) in [6, 6.07) is 0.188. The highest BCUT2D eigenvalue weighted by molar-refractivity contribution is 7.51. The van der Waals surface area contributed by atoms with Crippen LogP contribution in [0.5, 0.6) is 0 Å². The standard InChI is InChI=1S/C6H16NO3P/c1-4-7(6(2)3)5-11(8,9)10/h6H,4-5H2,1-3H3,(H2,8,9,10). The monoisotopic (exact) mass is 181 g/mol. The lowest BCUT2D eigenvalue weighted by Crippen LogP contribution is -2.31. The summed E-state index contributed by atoms with van der Waals surface area (Å²) in [6.07, 6.45) is -0.138. The van der Waals surface area contributed by atoms with E-state index in [2.05, 4.69) is 0 Å². The molecule has 0 aliphatic rings. The van der Waals surface area contributed by atoms with Crippen molar-refractivity contribution < 1.29 is 14.4 Å². The molecule has 4 nitrogen and oxygen atoms in total. The van der Waals surface area contributed by atoms with Crippen molar-refractivity contribution in [1.29, 1.82) is 0 Å². The topological polar surface area (TPSA) is 60.8 Å². The van der Waals surface area contributed by atoms with Crippen LogP contribution in [0.2, 0.25) is 0 Å². The lowest BCUT2D eigenvalue weighted by atomic mass is 10.3. The van der Waals surface area contributed by atoms with Gasteiger partial charge in [-0.1, -0.05) is 6.92 Å².